The number of nitrogens with zero attached hydrogens (tertiary/aromatic N) is 1. The number of rotatable bonds is 1. The summed E-state index contributed by atoms with van der Waals surface area (Å²) in [5.41, 5.74) is 2.87. The molecule has 12 heavy (non-hydrogen) atoms. The maximum absolute atomic E-state index is 8.46. The van der Waals surface area contributed by atoms with Gasteiger partial charge < -0.3 is 5.21 Å². The molecule has 3 heteroatoms. The Morgan fingerprint density at radius 1 is 1.42 bits per heavy atom. The zero-order valence-corrected chi connectivity index (χ0v) is 7.76. The molecule has 1 N–H and O–H groups in total. The van der Waals surface area contributed by atoms with Crippen molar-refractivity contribution in [1.82, 2.24) is 0 Å². The summed E-state index contributed by atoms with van der Waals surface area (Å²) in [4.78, 5) is 0. The number of benzene rings is 1. The molecule has 0 aliphatic rings. The van der Waals surface area contributed by atoms with Crippen LogP contribution in [0.5, 0.6) is 0 Å². The molecule has 0 bridgehead atoms. The Bertz CT molecular complexity index is 320. The number of aryl methyl sites for hydroxylation is 2. The predicted molar refractivity (Wildman–Crippen MR) is 50.1 cm³/mol. The molecular weight excluding hydrogens is 174 g/mol. The monoisotopic (exact) mass is 183 g/mol. The molecule has 64 valence electrons. The fraction of sp³-hybridized carbons (Fsp3) is 0.222. The average Bonchev–Trinajstić information content (AvgIpc) is 2.08. The van der Waals surface area contributed by atoms with E-state index in [1.807, 2.05) is 32.0 Å². The summed E-state index contributed by atoms with van der Waals surface area (Å²) in [5, 5.41) is 11.5. The van der Waals surface area contributed by atoms with Gasteiger partial charge in [0.2, 0.25) is 0 Å². The summed E-state index contributed by atoms with van der Waals surface area (Å²) in [6, 6.07) is 5.82. The molecule has 1 aromatic rings. The van der Waals surface area contributed by atoms with Crippen LogP contribution in [0.3, 0.4) is 0 Å². The molecule has 0 aromatic heterocycles. The Balaban J connectivity index is 3.23. The molecule has 0 radical (unpaired) electrons. The topological polar surface area (TPSA) is 32.6 Å². The number of halogens is 1. The molecule has 0 spiro atoms. The minimum Gasteiger partial charge on any atom is -0.410 e. The van der Waals surface area contributed by atoms with Crippen LogP contribution in [0, 0.1) is 13.8 Å². The van der Waals surface area contributed by atoms with Gasteiger partial charge in [-0.15, -0.1) is 0 Å². The Labute approximate surface area is 76.5 Å². The Hall–Kier alpha value is -1.02. The van der Waals surface area contributed by atoms with Gasteiger partial charge in [0.15, 0.2) is 5.17 Å². The number of hydrogen-bond donors (Lipinski definition) is 1. The molecule has 0 saturated carbocycles. The van der Waals surface area contributed by atoms with Crippen LogP contribution >= 0.6 is 11.6 Å². The van der Waals surface area contributed by atoms with E-state index >= 15 is 0 Å². The third kappa shape index (κ3) is 1.77. The standard InChI is InChI=1S/C9H10ClNO/c1-6-3-4-7(2)8(5-6)9(10)11-12/h3-5,12H,1-2H3. The lowest BCUT2D eigenvalue weighted by Gasteiger charge is -2.02. The molecule has 0 amide bonds. The van der Waals surface area contributed by atoms with Crippen molar-refractivity contribution in [3.05, 3.63) is 34.9 Å². The van der Waals surface area contributed by atoms with Crippen LogP contribution in [-0.2, 0) is 0 Å². The van der Waals surface area contributed by atoms with Crippen LogP contribution in [0.25, 0.3) is 0 Å². The van der Waals surface area contributed by atoms with E-state index < -0.39 is 0 Å². The van der Waals surface area contributed by atoms with E-state index in [1.54, 1.807) is 0 Å². The normalized spacial score (nSPS) is 11.8. The minimum atomic E-state index is 0.135. The molecule has 0 atom stereocenters. The van der Waals surface area contributed by atoms with Crippen LogP contribution in [-0.4, -0.2) is 10.4 Å². The second kappa shape index (κ2) is 3.59. The van der Waals surface area contributed by atoms with Gasteiger partial charge in [-0.2, -0.15) is 0 Å². The summed E-state index contributed by atoms with van der Waals surface area (Å²) < 4.78 is 0. The van der Waals surface area contributed by atoms with Crippen LogP contribution in [0.15, 0.2) is 23.4 Å². The van der Waals surface area contributed by atoms with Gasteiger partial charge in [-0.25, -0.2) is 0 Å². The van der Waals surface area contributed by atoms with Gasteiger partial charge in [-0.1, -0.05) is 34.5 Å². The van der Waals surface area contributed by atoms with Gasteiger partial charge in [0, 0.05) is 5.56 Å². The summed E-state index contributed by atoms with van der Waals surface area (Å²) in [6.45, 7) is 3.88. The Kier molecular flexibility index (Phi) is 2.71. The van der Waals surface area contributed by atoms with Crippen molar-refractivity contribution in [2.24, 2.45) is 5.16 Å². The summed E-state index contributed by atoms with van der Waals surface area (Å²) in [6.07, 6.45) is 0. The highest BCUT2D eigenvalue weighted by molar-refractivity contribution is 6.69. The zero-order chi connectivity index (χ0) is 9.14. The van der Waals surface area contributed by atoms with Gasteiger partial charge in [0.25, 0.3) is 0 Å². The first-order chi connectivity index (χ1) is 5.65. The van der Waals surface area contributed by atoms with E-state index in [0.717, 1.165) is 16.7 Å². The third-order valence-corrected chi connectivity index (χ3v) is 1.98. The molecule has 2 nitrogen and oxygen atoms in total. The summed E-state index contributed by atoms with van der Waals surface area (Å²) in [5.74, 6) is 0. The summed E-state index contributed by atoms with van der Waals surface area (Å²) >= 11 is 5.67. The van der Waals surface area contributed by atoms with Crippen molar-refractivity contribution in [2.45, 2.75) is 13.8 Å². The highest BCUT2D eigenvalue weighted by atomic mass is 35.5. The fourth-order valence-corrected chi connectivity index (χ4v) is 1.22. The van der Waals surface area contributed by atoms with Crippen LogP contribution < -0.4 is 0 Å². The molecule has 0 aliphatic heterocycles. The second-order valence-corrected chi connectivity index (χ2v) is 3.07. The largest absolute Gasteiger partial charge is 0.410 e. The van der Waals surface area contributed by atoms with Gasteiger partial charge in [-0.3, -0.25) is 0 Å². The average molecular weight is 184 g/mol. The second-order valence-electron chi connectivity index (χ2n) is 2.71. The maximum Gasteiger partial charge on any atom is 0.175 e. The fourth-order valence-electron chi connectivity index (χ4n) is 1.01. The van der Waals surface area contributed by atoms with E-state index in [2.05, 4.69) is 5.16 Å². The Morgan fingerprint density at radius 3 is 2.67 bits per heavy atom. The first kappa shape index (κ1) is 9.07. The minimum absolute atomic E-state index is 0.135. The molecular formula is C9H10ClNO. The van der Waals surface area contributed by atoms with Crippen molar-refractivity contribution >= 4 is 16.8 Å². The maximum atomic E-state index is 8.46. The van der Waals surface area contributed by atoms with E-state index in [4.69, 9.17) is 16.8 Å². The number of hydrogen-bond acceptors (Lipinski definition) is 2. The van der Waals surface area contributed by atoms with E-state index in [1.165, 1.54) is 0 Å². The van der Waals surface area contributed by atoms with Crippen molar-refractivity contribution in [3.63, 3.8) is 0 Å². The first-order valence-corrected chi connectivity index (χ1v) is 3.98. The van der Waals surface area contributed by atoms with Crippen molar-refractivity contribution in [3.8, 4) is 0 Å². The molecule has 0 aliphatic carbocycles. The first-order valence-electron chi connectivity index (χ1n) is 3.60. The van der Waals surface area contributed by atoms with Crippen LogP contribution in [0.2, 0.25) is 0 Å². The van der Waals surface area contributed by atoms with Crippen molar-refractivity contribution < 1.29 is 5.21 Å². The molecule has 0 saturated heterocycles. The molecule has 1 aromatic carbocycles. The van der Waals surface area contributed by atoms with E-state index in [9.17, 15) is 0 Å². The van der Waals surface area contributed by atoms with E-state index in [0.29, 0.717) is 0 Å². The lowest BCUT2D eigenvalue weighted by molar-refractivity contribution is 0.321. The number of oxime groups is 1. The SMILES string of the molecule is Cc1ccc(C)c(C(Cl)=NO)c1. The van der Waals surface area contributed by atoms with Gasteiger partial charge in [0.1, 0.15) is 0 Å². The summed E-state index contributed by atoms with van der Waals surface area (Å²) in [7, 11) is 0. The van der Waals surface area contributed by atoms with Gasteiger partial charge in [-0.05, 0) is 25.5 Å². The van der Waals surface area contributed by atoms with Gasteiger partial charge in [0.05, 0.1) is 0 Å². The molecule has 0 heterocycles. The third-order valence-electron chi connectivity index (χ3n) is 1.70. The van der Waals surface area contributed by atoms with Crippen LogP contribution in [0.4, 0.5) is 0 Å². The van der Waals surface area contributed by atoms with Crippen molar-refractivity contribution in [2.75, 3.05) is 0 Å². The molecule has 0 unspecified atom stereocenters. The highest BCUT2D eigenvalue weighted by Crippen LogP contribution is 2.13. The van der Waals surface area contributed by atoms with Gasteiger partial charge >= 0.3 is 0 Å². The molecule has 1 rings (SSSR count). The van der Waals surface area contributed by atoms with E-state index in [-0.39, 0.29) is 5.17 Å². The van der Waals surface area contributed by atoms with Crippen molar-refractivity contribution in [1.29, 1.82) is 0 Å². The molecule has 0 fully saturated rings. The zero-order valence-electron chi connectivity index (χ0n) is 7.00. The van der Waals surface area contributed by atoms with Crippen LogP contribution in [0.1, 0.15) is 16.7 Å². The quantitative estimate of drug-likeness (QED) is 0.405. The lowest BCUT2D eigenvalue weighted by atomic mass is 10.1. The smallest absolute Gasteiger partial charge is 0.175 e. The predicted octanol–water partition coefficient (Wildman–Crippen LogP) is 2.68. The lowest BCUT2D eigenvalue weighted by Crippen LogP contribution is -1.95. The Morgan fingerprint density at radius 2 is 2.08 bits per heavy atom. The highest BCUT2D eigenvalue weighted by Gasteiger charge is 2.03.